The highest BCUT2D eigenvalue weighted by atomic mass is 16.1. The summed E-state index contributed by atoms with van der Waals surface area (Å²) in [5, 5.41) is 3.31. The van der Waals surface area contributed by atoms with Crippen LogP contribution >= 0.6 is 0 Å². The molecule has 1 aliphatic rings. The lowest BCUT2D eigenvalue weighted by Gasteiger charge is -2.23. The van der Waals surface area contributed by atoms with Crippen LogP contribution in [0, 0.1) is 5.92 Å². The van der Waals surface area contributed by atoms with Gasteiger partial charge >= 0.3 is 0 Å². The predicted octanol–water partition coefficient (Wildman–Crippen LogP) is 4.43. The van der Waals surface area contributed by atoms with Crippen molar-refractivity contribution in [1.29, 1.82) is 0 Å². The molecule has 0 unspecified atom stereocenters. The van der Waals surface area contributed by atoms with Gasteiger partial charge in [-0.2, -0.15) is 0 Å². The topological polar surface area (TPSA) is 29.1 Å². The third-order valence-electron chi connectivity index (χ3n) is 4.22. The molecule has 1 rings (SSSR count). The summed E-state index contributed by atoms with van der Waals surface area (Å²) in [7, 11) is 0. The van der Waals surface area contributed by atoms with Crippen molar-refractivity contribution in [2.45, 2.75) is 90.5 Å². The standard InChI is InChI=1S/C16H31NO/c1-3-5-11-14(4-2)16(18)17-15-12-9-7-6-8-10-13-15/h14-15H,3-13H2,1-2H3,(H,17,18)/t14-/m1/s1. The van der Waals surface area contributed by atoms with Crippen LogP contribution in [-0.2, 0) is 4.79 Å². The molecule has 1 fully saturated rings. The SMILES string of the molecule is CCCC[C@@H](CC)C(=O)NC1CCCCCCC1. The van der Waals surface area contributed by atoms with Gasteiger partial charge in [-0.05, 0) is 25.7 Å². The average molecular weight is 253 g/mol. The summed E-state index contributed by atoms with van der Waals surface area (Å²) in [5.41, 5.74) is 0. The summed E-state index contributed by atoms with van der Waals surface area (Å²) in [5.74, 6) is 0.562. The Labute approximate surface area is 113 Å². The Hall–Kier alpha value is -0.530. The molecule has 18 heavy (non-hydrogen) atoms. The van der Waals surface area contributed by atoms with E-state index in [-0.39, 0.29) is 5.92 Å². The molecule has 0 radical (unpaired) electrons. The van der Waals surface area contributed by atoms with Crippen LogP contribution in [0.3, 0.4) is 0 Å². The molecule has 1 amide bonds. The van der Waals surface area contributed by atoms with E-state index in [2.05, 4.69) is 19.2 Å². The van der Waals surface area contributed by atoms with Crippen molar-refractivity contribution in [3.8, 4) is 0 Å². The predicted molar refractivity (Wildman–Crippen MR) is 77.6 cm³/mol. The first kappa shape index (κ1) is 15.5. The number of amides is 1. The number of carbonyl (C=O) groups is 1. The summed E-state index contributed by atoms with van der Waals surface area (Å²) < 4.78 is 0. The maximum absolute atomic E-state index is 12.2. The van der Waals surface area contributed by atoms with Gasteiger partial charge in [0.2, 0.25) is 5.91 Å². The van der Waals surface area contributed by atoms with Crippen LogP contribution in [0.4, 0.5) is 0 Å². The maximum atomic E-state index is 12.2. The molecule has 0 aromatic carbocycles. The molecular weight excluding hydrogens is 222 g/mol. The van der Waals surface area contributed by atoms with E-state index in [1.165, 1.54) is 57.8 Å². The molecule has 1 atom stereocenters. The molecular formula is C16H31NO. The number of rotatable bonds is 6. The lowest BCUT2D eigenvalue weighted by molar-refractivity contribution is -0.126. The maximum Gasteiger partial charge on any atom is 0.223 e. The second-order valence-corrected chi connectivity index (χ2v) is 5.80. The molecule has 0 aromatic rings. The van der Waals surface area contributed by atoms with Gasteiger partial charge in [-0.1, -0.05) is 58.8 Å². The minimum Gasteiger partial charge on any atom is -0.353 e. The second-order valence-electron chi connectivity index (χ2n) is 5.80. The quantitative estimate of drug-likeness (QED) is 0.745. The number of unbranched alkanes of at least 4 members (excludes halogenated alkanes) is 1. The number of hydrogen-bond donors (Lipinski definition) is 1. The lowest BCUT2D eigenvalue weighted by atomic mass is 9.94. The fraction of sp³-hybridized carbons (Fsp3) is 0.938. The molecule has 106 valence electrons. The zero-order valence-corrected chi connectivity index (χ0v) is 12.3. The van der Waals surface area contributed by atoms with E-state index in [0.717, 1.165) is 12.8 Å². The van der Waals surface area contributed by atoms with Gasteiger partial charge in [0.1, 0.15) is 0 Å². The first-order valence-electron chi connectivity index (χ1n) is 8.08. The van der Waals surface area contributed by atoms with Crippen LogP contribution in [0.15, 0.2) is 0 Å². The minimum atomic E-state index is 0.246. The van der Waals surface area contributed by atoms with Gasteiger partial charge in [0.25, 0.3) is 0 Å². The Bertz CT molecular complexity index is 219. The van der Waals surface area contributed by atoms with E-state index in [4.69, 9.17) is 0 Å². The molecule has 1 saturated carbocycles. The third-order valence-corrected chi connectivity index (χ3v) is 4.22. The molecule has 0 heterocycles. The summed E-state index contributed by atoms with van der Waals surface area (Å²) in [6.45, 7) is 4.33. The molecule has 2 nitrogen and oxygen atoms in total. The smallest absolute Gasteiger partial charge is 0.223 e. The molecule has 0 saturated heterocycles. The monoisotopic (exact) mass is 253 g/mol. The molecule has 0 bridgehead atoms. The number of carbonyl (C=O) groups excluding carboxylic acids is 1. The van der Waals surface area contributed by atoms with Crippen molar-refractivity contribution in [3.05, 3.63) is 0 Å². The van der Waals surface area contributed by atoms with E-state index < -0.39 is 0 Å². The second kappa shape index (κ2) is 9.41. The summed E-state index contributed by atoms with van der Waals surface area (Å²) in [6.07, 6.45) is 13.4. The van der Waals surface area contributed by atoms with Crippen molar-refractivity contribution in [2.24, 2.45) is 5.92 Å². The molecule has 0 aliphatic heterocycles. The van der Waals surface area contributed by atoms with Gasteiger partial charge in [-0.3, -0.25) is 4.79 Å². The average Bonchev–Trinajstić information content (AvgIpc) is 2.33. The van der Waals surface area contributed by atoms with Crippen molar-refractivity contribution in [1.82, 2.24) is 5.32 Å². The highest BCUT2D eigenvalue weighted by Crippen LogP contribution is 2.19. The number of nitrogens with one attached hydrogen (secondary N) is 1. The van der Waals surface area contributed by atoms with E-state index >= 15 is 0 Å². The van der Waals surface area contributed by atoms with Gasteiger partial charge in [-0.15, -0.1) is 0 Å². The largest absolute Gasteiger partial charge is 0.353 e. The van der Waals surface area contributed by atoms with Crippen molar-refractivity contribution < 1.29 is 4.79 Å². The van der Waals surface area contributed by atoms with Crippen LogP contribution in [0.5, 0.6) is 0 Å². The zero-order chi connectivity index (χ0) is 13.2. The number of hydrogen-bond acceptors (Lipinski definition) is 1. The van der Waals surface area contributed by atoms with Crippen LogP contribution in [0.2, 0.25) is 0 Å². The molecule has 2 heteroatoms. The Morgan fingerprint density at radius 3 is 2.28 bits per heavy atom. The van der Waals surface area contributed by atoms with Gasteiger partial charge in [0, 0.05) is 12.0 Å². The molecule has 0 spiro atoms. The van der Waals surface area contributed by atoms with Crippen LogP contribution in [0.1, 0.15) is 84.5 Å². The molecule has 0 aromatic heterocycles. The normalized spacial score (nSPS) is 19.9. The van der Waals surface area contributed by atoms with Crippen molar-refractivity contribution in [2.75, 3.05) is 0 Å². The van der Waals surface area contributed by atoms with E-state index in [0.29, 0.717) is 11.9 Å². The third kappa shape index (κ3) is 5.88. The van der Waals surface area contributed by atoms with Gasteiger partial charge < -0.3 is 5.32 Å². The van der Waals surface area contributed by atoms with Crippen LogP contribution < -0.4 is 5.32 Å². The van der Waals surface area contributed by atoms with E-state index in [1.54, 1.807) is 0 Å². The Kier molecular flexibility index (Phi) is 8.11. The van der Waals surface area contributed by atoms with Crippen molar-refractivity contribution >= 4 is 5.91 Å². The fourth-order valence-electron chi connectivity index (χ4n) is 2.89. The Balaban J connectivity index is 2.35. The van der Waals surface area contributed by atoms with Crippen molar-refractivity contribution in [3.63, 3.8) is 0 Å². The highest BCUT2D eigenvalue weighted by Gasteiger charge is 2.19. The van der Waals surface area contributed by atoms with Crippen LogP contribution in [0.25, 0.3) is 0 Å². The first-order chi connectivity index (χ1) is 8.77. The van der Waals surface area contributed by atoms with Gasteiger partial charge in [0.15, 0.2) is 0 Å². The Morgan fingerprint density at radius 2 is 1.72 bits per heavy atom. The first-order valence-corrected chi connectivity index (χ1v) is 8.08. The minimum absolute atomic E-state index is 0.246. The molecule has 1 N–H and O–H groups in total. The van der Waals surface area contributed by atoms with E-state index in [1.807, 2.05) is 0 Å². The lowest BCUT2D eigenvalue weighted by Crippen LogP contribution is -2.39. The van der Waals surface area contributed by atoms with E-state index in [9.17, 15) is 4.79 Å². The summed E-state index contributed by atoms with van der Waals surface area (Å²) in [6, 6.07) is 0.452. The fourth-order valence-corrected chi connectivity index (χ4v) is 2.89. The zero-order valence-electron chi connectivity index (χ0n) is 12.3. The van der Waals surface area contributed by atoms with Gasteiger partial charge in [-0.25, -0.2) is 0 Å². The molecule has 1 aliphatic carbocycles. The summed E-state index contributed by atoms with van der Waals surface area (Å²) >= 11 is 0. The Morgan fingerprint density at radius 1 is 1.11 bits per heavy atom. The highest BCUT2D eigenvalue weighted by molar-refractivity contribution is 5.78. The summed E-state index contributed by atoms with van der Waals surface area (Å²) in [4.78, 5) is 12.2. The van der Waals surface area contributed by atoms with Gasteiger partial charge in [0.05, 0.1) is 0 Å². The van der Waals surface area contributed by atoms with Crippen LogP contribution in [-0.4, -0.2) is 11.9 Å².